The summed E-state index contributed by atoms with van der Waals surface area (Å²) in [5, 5.41) is 23.1. The van der Waals surface area contributed by atoms with Gasteiger partial charge in [-0.3, -0.25) is 9.36 Å². The molecule has 0 aromatic carbocycles. The van der Waals surface area contributed by atoms with Crippen molar-refractivity contribution in [1.29, 1.82) is 0 Å². The largest absolute Gasteiger partial charge is 2.00 e. The van der Waals surface area contributed by atoms with E-state index in [4.69, 9.17) is 20.2 Å². The Labute approximate surface area is 254 Å². The normalized spacial score (nSPS) is 10.3. The topological polar surface area (TPSA) is 102 Å². The van der Waals surface area contributed by atoms with Gasteiger partial charge in [-0.15, -0.1) is 0 Å². The van der Waals surface area contributed by atoms with E-state index in [9.17, 15) is 34.5 Å². The molecule has 0 saturated carbocycles. The Bertz CT molecular complexity index is 1240. The van der Waals surface area contributed by atoms with Crippen LogP contribution in [-0.2, 0) is 30.2 Å². The fourth-order valence-electron chi connectivity index (χ4n) is 3.40. The minimum absolute atomic E-state index is 0. The first kappa shape index (κ1) is 41.9. The van der Waals surface area contributed by atoms with Crippen molar-refractivity contribution in [3.63, 3.8) is 0 Å². The third kappa shape index (κ3) is 18.8. The van der Waals surface area contributed by atoms with Crippen LogP contribution >= 0.6 is 0 Å². The van der Waals surface area contributed by atoms with Gasteiger partial charge in [-0.05, 0) is 64.1 Å². The fraction of sp³-hybridized carbons (Fsp3) is 0.333. The molecular weight excluding hydrogens is 634 g/mol. The molecular formula is C24H32B2F8FeN6O2. The van der Waals surface area contributed by atoms with Gasteiger partial charge in [-0.1, -0.05) is 12.1 Å². The molecule has 240 valence electrons. The second-order valence-corrected chi connectivity index (χ2v) is 8.19. The molecule has 0 unspecified atom stereocenters. The molecule has 0 spiro atoms. The maximum atomic E-state index is 9.75. The van der Waals surface area contributed by atoms with Crippen LogP contribution in [0.3, 0.4) is 0 Å². The van der Waals surface area contributed by atoms with Crippen LogP contribution in [0.25, 0.3) is 11.4 Å². The van der Waals surface area contributed by atoms with Crippen LogP contribution in [0.1, 0.15) is 34.2 Å². The van der Waals surface area contributed by atoms with Crippen LogP contribution < -0.4 is 0 Å². The first-order valence-corrected chi connectivity index (χ1v) is 12.1. The van der Waals surface area contributed by atoms with Gasteiger partial charge in [0.05, 0.1) is 47.3 Å². The van der Waals surface area contributed by atoms with Crippen molar-refractivity contribution in [1.82, 2.24) is 29.5 Å². The number of aliphatic hydroxyl groups is 2. The van der Waals surface area contributed by atoms with Crippen LogP contribution in [0.2, 0.25) is 0 Å². The maximum Gasteiger partial charge on any atom is 2.00 e. The smallest absolute Gasteiger partial charge is 0.418 e. The third-order valence-electron chi connectivity index (χ3n) is 4.71. The monoisotopic (exact) mass is 666 g/mol. The van der Waals surface area contributed by atoms with Crippen molar-refractivity contribution in [2.75, 3.05) is 14.2 Å². The molecule has 0 fully saturated rings. The van der Waals surface area contributed by atoms with E-state index in [1.54, 1.807) is 0 Å². The molecule has 0 atom stereocenters. The summed E-state index contributed by atoms with van der Waals surface area (Å²) in [5.41, 5.74) is 7.98. The number of halogens is 8. The number of nitrogens with zero attached hydrogens (tertiary/aromatic N) is 6. The van der Waals surface area contributed by atoms with Gasteiger partial charge in [-0.25, -0.2) is 9.97 Å². The second-order valence-electron chi connectivity index (χ2n) is 8.19. The molecule has 0 saturated heterocycles. The SMILES string of the molecule is CO.CO.Cc1cc(C)n(Cc2cccc(-c3cccc(Cn4nc(C)cc4C)n3)n2)n1.F[B-](F)(F)F.F[B-](F)(F)F.[Fe+2]. The molecule has 4 heterocycles. The quantitative estimate of drug-likeness (QED) is 0.210. The molecule has 0 radical (unpaired) electrons. The third-order valence-corrected chi connectivity index (χ3v) is 4.71. The predicted molar refractivity (Wildman–Crippen MR) is 146 cm³/mol. The van der Waals surface area contributed by atoms with Gasteiger partial charge < -0.3 is 44.7 Å². The molecule has 19 heteroatoms. The number of hydrogen-bond acceptors (Lipinski definition) is 6. The standard InChI is InChI=1S/C22H24N6.2CH4O.2BF4.Fe/c1-15-11-17(3)27(25-15)13-19-7-5-9-21(23-19)22-10-6-8-20(24-22)14-28-18(4)12-16(2)26-28;2*1-2;2*2-1(3,4)5;/h5-12H,13-14H2,1-4H3;2*2H,1H3;;;/q;;;2*-1;+2. The second kappa shape index (κ2) is 19.8. The Morgan fingerprint density at radius 3 is 1.09 bits per heavy atom. The molecule has 0 bridgehead atoms. The summed E-state index contributed by atoms with van der Waals surface area (Å²) in [7, 11) is -10.0. The summed E-state index contributed by atoms with van der Waals surface area (Å²) in [5.74, 6) is 0. The van der Waals surface area contributed by atoms with E-state index < -0.39 is 14.5 Å². The number of pyridine rings is 2. The van der Waals surface area contributed by atoms with E-state index in [-0.39, 0.29) is 17.1 Å². The van der Waals surface area contributed by atoms with E-state index in [0.29, 0.717) is 13.1 Å². The van der Waals surface area contributed by atoms with Crippen molar-refractivity contribution < 1.29 is 61.8 Å². The van der Waals surface area contributed by atoms with Crippen molar-refractivity contribution in [2.24, 2.45) is 0 Å². The van der Waals surface area contributed by atoms with Crippen LogP contribution in [0.15, 0.2) is 48.5 Å². The Balaban J connectivity index is 0. The number of rotatable bonds is 5. The summed E-state index contributed by atoms with van der Waals surface area (Å²) < 4.78 is 82.0. The zero-order valence-electron chi connectivity index (χ0n) is 24.1. The van der Waals surface area contributed by atoms with Gasteiger partial charge in [0.2, 0.25) is 0 Å². The summed E-state index contributed by atoms with van der Waals surface area (Å²) >= 11 is 0. The molecule has 4 aromatic heterocycles. The molecule has 8 nitrogen and oxygen atoms in total. The molecule has 0 aliphatic heterocycles. The van der Waals surface area contributed by atoms with E-state index in [0.717, 1.165) is 59.8 Å². The summed E-state index contributed by atoms with van der Waals surface area (Å²) in [6.45, 7) is 9.44. The summed E-state index contributed by atoms with van der Waals surface area (Å²) in [6.07, 6.45) is 0. The minimum atomic E-state index is -6.00. The molecule has 0 aliphatic rings. The fourth-order valence-corrected chi connectivity index (χ4v) is 3.40. The average Bonchev–Trinajstić information content (AvgIpc) is 3.37. The Morgan fingerprint density at radius 2 is 0.860 bits per heavy atom. The van der Waals surface area contributed by atoms with E-state index in [1.807, 2.05) is 59.6 Å². The number of aliphatic hydroxyl groups excluding tert-OH is 2. The zero-order chi connectivity index (χ0) is 32.7. The van der Waals surface area contributed by atoms with Crippen molar-refractivity contribution >= 4 is 14.5 Å². The van der Waals surface area contributed by atoms with Gasteiger partial charge in [-0.2, -0.15) is 10.2 Å². The van der Waals surface area contributed by atoms with Crippen molar-refractivity contribution in [3.05, 3.63) is 82.7 Å². The molecule has 0 amide bonds. The van der Waals surface area contributed by atoms with Crippen LogP contribution in [0, 0.1) is 27.7 Å². The molecule has 0 aliphatic carbocycles. The van der Waals surface area contributed by atoms with Crippen LogP contribution in [0.4, 0.5) is 34.5 Å². The van der Waals surface area contributed by atoms with Crippen molar-refractivity contribution in [2.45, 2.75) is 40.8 Å². The number of hydrogen-bond donors (Lipinski definition) is 2. The number of aryl methyl sites for hydroxylation is 4. The minimum Gasteiger partial charge on any atom is -0.418 e. The van der Waals surface area contributed by atoms with Gasteiger partial charge >= 0.3 is 31.6 Å². The first-order chi connectivity index (χ1) is 19.5. The van der Waals surface area contributed by atoms with E-state index in [1.165, 1.54) is 0 Å². The average molecular weight is 666 g/mol. The first-order valence-electron chi connectivity index (χ1n) is 12.1. The van der Waals surface area contributed by atoms with Gasteiger partial charge in [0, 0.05) is 25.6 Å². The molecule has 4 rings (SSSR count). The number of aromatic nitrogens is 6. The zero-order valence-corrected chi connectivity index (χ0v) is 25.2. The Hall–Kier alpha value is -3.27. The maximum absolute atomic E-state index is 9.75. The Morgan fingerprint density at radius 1 is 0.581 bits per heavy atom. The van der Waals surface area contributed by atoms with Crippen molar-refractivity contribution in [3.8, 4) is 11.4 Å². The van der Waals surface area contributed by atoms with Crippen LogP contribution in [-0.4, -0.2) is 68.5 Å². The summed E-state index contributed by atoms with van der Waals surface area (Å²) in [4.78, 5) is 9.63. The summed E-state index contributed by atoms with van der Waals surface area (Å²) in [6, 6.07) is 16.3. The molecule has 43 heavy (non-hydrogen) atoms. The Kier molecular flexibility index (Phi) is 19.3. The van der Waals surface area contributed by atoms with E-state index in [2.05, 4.69) is 36.2 Å². The molecule has 4 aromatic rings. The molecule has 2 N–H and O–H groups in total. The van der Waals surface area contributed by atoms with Gasteiger partial charge in [0.15, 0.2) is 0 Å². The predicted octanol–water partition coefficient (Wildman–Crippen LogP) is 5.68. The van der Waals surface area contributed by atoms with Gasteiger partial charge in [0.25, 0.3) is 0 Å². The van der Waals surface area contributed by atoms with Gasteiger partial charge in [0.1, 0.15) is 0 Å². The van der Waals surface area contributed by atoms with Crippen LogP contribution in [0.5, 0.6) is 0 Å². The van der Waals surface area contributed by atoms with E-state index >= 15 is 0 Å².